The van der Waals surface area contributed by atoms with Gasteiger partial charge in [-0.1, -0.05) is 6.92 Å². The maximum Gasteiger partial charge on any atom is 0.326 e. The van der Waals surface area contributed by atoms with Gasteiger partial charge in [0.05, 0.1) is 13.2 Å². The zero-order valence-corrected chi connectivity index (χ0v) is 9.84. The number of carbonyl (C=O) groups excluding carboxylic acids is 1. The van der Waals surface area contributed by atoms with E-state index >= 15 is 0 Å². The molecule has 0 saturated heterocycles. The molecule has 0 aromatic heterocycles. The molecule has 1 aliphatic carbocycles. The van der Waals surface area contributed by atoms with Crippen LogP contribution >= 0.6 is 0 Å². The molecule has 1 rings (SSSR count). The van der Waals surface area contributed by atoms with Gasteiger partial charge in [0, 0.05) is 13.0 Å². The Kier molecular flexibility index (Phi) is 4.54. The van der Waals surface area contributed by atoms with Crippen molar-refractivity contribution >= 4 is 5.97 Å². The summed E-state index contributed by atoms with van der Waals surface area (Å²) in [7, 11) is 1.44. The van der Waals surface area contributed by atoms with Crippen LogP contribution in [0.2, 0.25) is 0 Å². The van der Waals surface area contributed by atoms with Crippen LogP contribution in [0.3, 0.4) is 0 Å². The Morgan fingerprint density at radius 2 is 2.27 bits per heavy atom. The fraction of sp³-hybridized carbons (Fsp3) is 0.909. The van der Waals surface area contributed by atoms with Crippen molar-refractivity contribution < 1.29 is 14.3 Å². The van der Waals surface area contributed by atoms with Gasteiger partial charge in [0.25, 0.3) is 0 Å². The van der Waals surface area contributed by atoms with Crippen LogP contribution < -0.4 is 5.32 Å². The van der Waals surface area contributed by atoms with Gasteiger partial charge in [-0.2, -0.15) is 0 Å². The molecule has 88 valence electrons. The molecule has 0 aliphatic heterocycles. The van der Waals surface area contributed by atoms with Gasteiger partial charge < -0.3 is 14.8 Å². The van der Waals surface area contributed by atoms with E-state index in [0.717, 1.165) is 25.8 Å². The first-order valence-electron chi connectivity index (χ1n) is 5.63. The summed E-state index contributed by atoms with van der Waals surface area (Å²) in [5.41, 5.74) is -0.511. The largest absolute Gasteiger partial charge is 0.468 e. The highest BCUT2D eigenvalue weighted by atomic mass is 16.5. The average molecular weight is 215 g/mol. The summed E-state index contributed by atoms with van der Waals surface area (Å²) >= 11 is 0. The quantitative estimate of drug-likeness (QED) is 0.698. The predicted molar refractivity (Wildman–Crippen MR) is 57.7 cm³/mol. The van der Waals surface area contributed by atoms with E-state index in [0.29, 0.717) is 6.61 Å². The second-order valence-corrected chi connectivity index (χ2v) is 3.92. The van der Waals surface area contributed by atoms with Crippen molar-refractivity contribution in [3.63, 3.8) is 0 Å². The van der Waals surface area contributed by atoms with Gasteiger partial charge in [0.15, 0.2) is 0 Å². The second-order valence-electron chi connectivity index (χ2n) is 3.92. The molecular formula is C11H21NO3. The molecule has 0 spiro atoms. The summed E-state index contributed by atoms with van der Waals surface area (Å²) < 4.78 is 10.4. The molecule has 0 heterocycles. The number of carbonyl (C=O) groups is 1. The fourth-order valence-corrected chi connectivity index (χ4v) is 2.33. The average Bonchev–Trinajstić information content (AvgIpc) is 2.63. The summed E-state index contributed by atoms with van der Waals surface area (Å²) in [6.07, 6.45) is 2.64. The lowest BCUT2D eigenvalue weighted by Crippen LogP contribution is -2.51. The molecule has 1 N–H and O–H groups in total. The number of rotatable bonds is 5. The minimum absolute atomic E-state index is 0.161. The van der Waals surface area contributed by atoms with Crippen molar-refractivity contribution in [1.82, 2.24) is 5.32 Å². The SMILES string of the molecule is CCNC1(C(=O)OC)CCC(OCC)C1. The summed E-state index contributed by atoms with van der Waals surface area (Å²) in [4.78, 5) is 11.7. The molecular weight excluding hydrogens is 194 g/mol. The summed E-state index contributed by atoms with van der Waals surface area (Å²) in [6.45, 7) is 5.45. The van der Waals surface area contributed by atoms with Crippen molar-refractivity contribution in [3.05, 3.63) is 0 Å². The van der Waals surface area contributed by atoms with E-state index < -0.39 is 5.54 Å². The Bertz CT molecular complexity index is 220. The van der Waals surface area contributed by atoms with Crippen LogP contribution in [0, 0.1) is 0 Å². The van der Waals surface area contributed by atoms with E-state index in [9.17, 15) is 4.79 Å². The topological polar surface area (TPSA) is 47.6 Å². The van der Waals surface area contributed by atoms with Crippen LogP contribution in [0.4, 0.5) is 0 Å². The van der Waals surface area contributed by atoms with Crippen LogP contribution in [0.25, 0.3) is 0 Å². The third-order valence-corrected chi connectivity index (χ3v) is 2.96. The number of methoxy groups -OCH3 is 1. The highest BCUT2D eigenvalue weighted by Crippen LogP contribution is 2.32. The molecule has 0 radical (unpaired) electrons. The van der Waals surface area contributed by atoms with Crippen LogP contribution in [0.1, 0.15) is 33.1 Å². The maximum atomic E-state index is 11.7. The van der Waals surface area contributed by atoms with E-state index in [2.05, 4.69) is 5.32 Å². The van der Waals surface area contributed by atoms with E-state index in [1.54, 1.807) is 0 Å². The minimum atomic E-state index is -0.511. The van der Waals surface area contributed by atoms with E-state index in [-0.39, 0.29) is 12.1 Å². The Labute approximate surface area is 91.3 Å². The van der Waals surface area contributed by atoms with Gasteiger partial charge in [0.1, 0.15) is 5.54 Å². The molecule has 15 heavy (non-hydrogen) atoms. The lowest BCUT2D eigenvalue weighted by Gasteiger charge is -2.27. The van der Waals surface area contributed by atoms with Crippen LogP contribution in [0.5, 0.6) is 0 Å². The van der Waals surface area contributed by atoms with E-state index in [1.165, 1.54) is 7.11 Å². The molecule has 0 aromatic rings. The normalized spacial score (nSPS) is 30.5. The highest BCUT2D eigenvalue weighted by molar-refractivity contribution is 5.81. The minimum Gasteiger partial charge on any atom is -0.468 e. The summed E-state index contributed by atoms with van der Waals surface area (Å²) in [6, 6.07) is 0. The van der Waals surface area contributed by atoms with E-state index in [4.69, 9.17) is 9.47 Å². The van der Waals surface area contributed by atoms with Gasteiger partial charge in [-0.15, -0.1) is 0 Å². The first-order chi connectivity index (χ1) is 7.18. The molecule has 1 fully saturated rings. The highest BCUT2D eigenvalue weighted by Gasteiger charge is 2.45. The summed E-state index contributed by atoms with van der Waals surface area (Å²) in [5.74, 6) is -0.161. The van der Waals surface area contributed by atoms with Crippen LogP contribution in [-0.4, -0.2) is 37.9 Å². The molecule has 4 nitrogen and oxygen atoms in total. The molecule has 1 saturated carbocycles. The Morgan fingerprint density at radius 1 is 1.53 bits per heavy atom. The monoisotopic (exact) mass is 215 g/mol. The Morgan fingerprint density at radius 3 is 2.80 bits per heavy atom. The van der Waals surface area contributed by atoms with Gasteiger partial charge in [-0.05, 0) is 26.3 Å². The molecule has 0 bridgehead atoms. The van der Waals surface area contributed by atoms with Crippen LogP contribution in [-0.2, 0) is 14.3 Å². The number of hydrogen-bond acceptors (Lipinski definition) is 4. The lowest BCUT2D eigenvalue weighted by atomic mass is 9.97. The zero-order valence-electron chi connectivity index (χ0n) is 9.84. The third-order valence-electron chi connectivity index (χ3n) is 2.96. The van der Waals surface area contributed by atoms with Gasteiger partial charge in [0.2, 0.25) is 0 Å². The first-order valence-corrected chi connectivity index (χ1v) is 5.63. The number of esters is 1. The number of nitrogens with one attached hydrogen (secondary N) is 1. The van der Waals surface area contributed by atoms with Crippen molar-refractivity contribution in [3.8, 4) is 0 Å². The summed E-state index contributed by atoms with van der Waals surface area (Å²) in [5, 5.41) is 3.24. The number of hydrogen-bond donors (Lipinski definition) is 1. The van der Waals surface area contributed by atoms with Crippen molar-refractivity contribution in [2.45, 2.75) is 44.8 Å². The third kappa shape index (κ3) is 2.69. The second kappa shape index (κ2) is 5.47. The smallest absolute Gasteiger partial charge is 0.326 e. The van der Waals surface area contributed by atoms with Crippen molar-refractivity contribution in [1.29, 1.82) is 0 Å². The molecule has 2 unspecified atom stereocenters. The van der Waals surface area contributed by atoms with E-state index in [1.807, 2.05) is 13.8 Å². The molecule has 2 atom stereocenters. The van der Waals surface area contributed by atoms with Crippen molar-refractivity contribution in [2.24, 2.45) is 0 Å². The van der Waals surface area contributed by atoms with Gasteiger partial charge in [-0.25, -0.2) is 0 Å². The van der Waals surface area contributed by atoms with Crippen LogP contribution in [0.15, 0.2) is 0 Å². The van der Waals surface area contributed by atoms with Crippen molar-refractivity contribution in [2.75, 3.05) is 20.3 Å². The fourth-order valence-electron chi connectivity index (χ4n) is 2.33. The van der Waals surface area contributed by atoms with Gasteiger partial charge >= 0.3 is 5.97 Å². The predicted octanol–water partition coefficient (Wildman–Crippen LogP) is 1.10. The lowest BCUT2D eigenvalue weighted by molar-refractivity contribution is -0.148. The van der Waals surface area contributed by atoms with Gasteiger partial charge in [-0.3, -0.25) is 4.79 Å². The Balaban J connectivity index is 2.64. The maximum absolute atomic E-state index is 11.7. The number of ether oxygens (including phenoxy) is 2. The Hall–Kier alpha value is -0.610. The molecule has 0 aromatic carbocycles. The molecule has 0 amide bonds. The first kappa shape index (κ1) is 12.5. The number of likely N-dealkylation sites (N-methyl/N-ethyl adjacent to an activating group) is 1. The standard InChI is InChI=1S/C11H21NO3/c1-4-12-11(10(13)14-3)7-6-9(8-11)15-5-2/h9,12H,4-8H2,1-3H3. The zero-order chi connectivity index (χ0) is 11.3. The molecule has 4 heteroatoms. The molecule has 1 aliphatic rings.